The molecule has 0 rings (SSSR count). The number of carbonyl (C=O) groups excluding carboxylic acids is 1. The van der Waals surface area contributed by atoms with Gasteiger partial charge in [-0.25, -0.2) is 0 Å². The highest BCUT2D eigenvalue weighted by Gasteiger charge is 2.28. The van der Waals surface area contributed by atoms with E-state index < -0.39 is 5.54 Å². The summed E-state index contributed by atoms with van der Waals surface area (Å²) in [5.41, 5.74) is 4.84. The molecule has 0 saturated heterocycles. The van der Waals surface area contributed by atoms with Crippen molar-refractivity contribution in [1.29, 1.82) is 0 Å². The number of carbonyl (C=O) groups is 1. The van der Waals surface area contributed by atoms with Crippen molar-refractivity contribution in [3.8, 4) is 0 Å². The Morgan fingerprint density at radius 1 is 1.54 bits per heavy atom. The average Bonchev–Trinajstić information content (AvgIpc) is 2.11. The maximum atomic E-state index is 11.1. The van der Waals surface area contributed by atoms with E-state index in [0.29, 0.717) is 19.6 Å². The lowest BCUT2D eigenvalue weighted by molar-refractivity contribution is -0.146. The van der Waals surface area contributed by atoms with E-state index in [1.54, 1.807) is 6.92 Å². The molecule has 0 aliphatic carbocycles. The van der Waals surface area contributed by atoms with Crippen LogP contribution in [-0.4, -0.2) is 31.8 Å². The number of esters is 1. The summed E-state index contributed by atoms with van der Waals surface area (Å²) in [7, 11) is 1.34. The average molecular weight is 189 g/mol. The third-order valence-electron chi connectivity index (χ3n) is 1.84. The lowest BCUT2D eigenvalue weighted by Gasteiger charge is -2.20. The number of ether oxygens (including phenoxy) is 2. The van der Waals surface area contributed by atoms with Crippen LogP contribution in [0.1, 0.15) is 26.7 Å². The maximum Gasteiger partial charge on any atom is 0.325 e. The molecule has 2 N–H and O–H groups in total. The van der Waals surface area contributed by atoms with E-state index in [1.807, 2.05) is 6.92 Å². The molecule has 0 saturated carbocycles. The molecule has 0 radical (unpaired) electrons. The van der Waals surface area contributed by atoms with Gasteiger partial charge in [-0.15, -0.1) is 0 Å². The van der Waals surface area contributed by atoms with Gasteiger partial charge < -0.3 is 15.2 Å². The van der Waals surface area contributed by atoms with Crippen LogP contribution >= 0.6 is 0 Å². The van der Waals surface area contributed by atoms with Crippen LogP contribution in [0.4, 0.5) is 0 Å². The van der Waals surface area contributed by atoms with E-state index in [1.165, 1.54) is 7.11 Å². The SMILES string of the molecule is CCOCCCC(C)(N)C(=O)OC. The molecule has 0 amide bonds. The summed E-state index contributed by atoms with van der Waals surface area (Å²) >= 11 is 0. The topological polar surface area (TPSA) is 61.5 Å². The number of methoxy groups -OCH3 is 1. The molecule has 0 aromatic carbocycles. The molecule has 0 aliphatic rings. The molecule has 78 valence electrons. The highest BCUT2D eigenvalue weighted by atomic mass is 16.5. The highest BCUT2D eigenvalue weighted by Crippen LogP contribution is 2.10. The van der Waals surface area contributed by atoms with Crippen LogP contribution in [0.5, 0.6) is 0 Å². The molecular weight excluding hydrogens is 170 g/mol. The van der Waals surface area contributed by atoms with E-state index >= 15 is 0 Å². The Hall–Kier alpha value is -0.610. The quantitative estimate of drug-likeness (QED) is 0.493. The molecule has 4 nitrogen and oxygen atoms in total. The fraction of sp³-hybridized carbons (Fsp3) is 0.889. The minimum absolute atomic E-state index is 0.371. The van der Waals surface area contributed by atoms with Crippen molar-refractivity contribution in [2.75, 3.05) is 20.3 Å². The Morgan fingerprint density at radius 2 is 2.15 bits per heavy atom. The van der Waals surface area contributed by atoms with Gasteiger partial charge in [-0.3, -0.25) is 4.79 Å². The van der Waals surface area contributed by atoms with Crippen molar-refractivity contribution in [2.24, 2.45) is 5.73 Å². The van der Waals surface area contributed by atoms with Crippen LogP contribution in [0, 0.1) is 0 Å². The first kappa shape index (κ1) is 12.4. The predicted octanol–water partition coefficient (Wildman–Crippen LogP) is 0.694. The Kier molecular flexibility index (Phi) is 5.66. The number of nitrogens with two attached hydrogens (primary N) is 1. The van der Waals surface area contributed by atoms with Crippen LogP contribution in [0.3, 0.4) is 0 Å². The molecule has 13 heavy (non-hydrogen) atoms. The maximum absolute atomic E-state index is 11.1. The minimum Gasteiger partial charge on any atom is -0.468 e. The van der Waals surface area contributed by atoms with Crippen molar-refractivity contribution >= 4 is 5.97 Å². The van der Waals surface area contributed by atoms with Crippen molar-refractivity contribution < 1.29 is 14.3 Å². The summed E-state index contributed by atoms with van der Waals surface area (Å²) in [6, 6.07) is 0. The first-order valence-electron chi connectivity index (χ1n) is 4.49. The second-order valence-corrected chi connectivity index (χ2v) is 3.21. The highest BCUT2D eigenvalue weighted by molar-refractivity contribution is 5.79. The van der Waals surface area contributed by atoms with E-state index in [0.717, 1.165) is 6.42 Å². The molecule has 0 fully saturated rings. The smallest absolute Gasteiger partial charge is 0.325 e. The zero-order valence-corrected chi connectivity index (χ0v) is 8.63. The van der Waals surface area contributed by atoms with Crippen molar-refractivity contribution in [3.63, 3.8) is 0 Å². The molecule has 1 unspecified atom stereocenters. The van der Waals surface area contributed by atoms with Gasteiger partial charge in [0, 0.05) is 13.2 Å². The van der Waals surface area contributed by atoms with E-state index in [-0.39, 0.29) is 5.97 Å². The van der Waals surface area contributed by atoms with E-state index in [9.17, 15) is 4.79 Å². The molecule has 1 atom stereocenters. The molecular formula is C9H19NO3. The van der Waals surface area contributed by atoms with Crippen LogP contribution in [0.2, 0.25) is 0 Å². The molecule has 0 aromatic heterocycles. The van der Waals surface area contributed by atoms with Gasteiger partial charge in [-0.05, 0) is 26.7 Å². The summed E-state index contributed by atoms with van der Waals surface area (Å²) in [5, 5.41) is 0. The number of hydrogen-bond acceptors (Lipinski definition) is 4. The first-order chi connectivity index (χ1) is 6.04. The van der Waals surface area contributed by atoms with Gasteiger partial charge in [-0.2, -0.15) is 0 Å². The zero-order valence-electron chi connectivity index (χ0n) is 8.63. The Balaban J connectivity index is 3.69. The fourth-order valence-electron chi connectivity index (χ4n) is 1.02. The zero-order chi connectivity index (χ0) is 10.3. The second kappa shape index (κ2) is 5.94. The fourth-order valence-corrected chi connectivity index (χ4v) is 1.02. The van der Waals surface area contributed by atoms with E-state index in [4.69, 9.17) is 10.5 Å². The van der Waals surface area contributed by atoms with Crippen LogP contribution < -0.4 is 5.73 Å². The predicted molar refractivity (Wildman–Crippen MR) is 50.3 cm³/mol. The Morgan fingerprint density at radius 3 is 2.62 bits per heavy atom. The summed E-state index contributed by atoms with van der Waals surface area (Å²) in [5.74, 6) is -0.371. The van der Waals surface area contributed by atoms with Gasteiger partial charge in [0.2, 0.25) is 0 Å². The van der Waals surface area contributed by atoms with Gasteiger partial charge in [0.1, 0.15) is 5.54 Å². The Labute approximate surface area is 79.4 Å². The first-order valence-corrected chi connectivity index (χ1v) is 4.49. The summed E-state index contributed by atoms with van der Waals surface area (Å²) in [6.45, 7) is 4.94. The molecule has 4 heteroatoms. The number of rotatable bonds is 6. The van der Waals surface area contributed by atoms with Crippen LogP contribution in [0.15, 0.2) is 0 Å². The standard InChI is InChI=1S/C9H19NO3/c1-4-13-7-5-6-9(2,10)8(11)12-3/h4-7,10H2,1-3H3. The monoisotopic (exact) mass is 189 g/mol. The van der Waals surface area contributed by atoms with Gasteiger partial charge in [-0.1, -0.05) is 0 Å². The molecule has 0 heterocycles. The molecule has 0 spiro atoms. The van der Waals surface area contributed by atoms with Crippen LogP contribution in [0.25, 0.3) is 0 Å². The van der Waals surface area contributed by atoms with E-state index in [2.05, 4.69) is 4.74 Å². The summed E-state index contributed by atoms with van der Waals surface area (Å²) in [4.78, 5) is 11.1. The Bertz CT molecular complexity index is 157. The van der Waals surface area contributed by atoms with Crippen molar-refractivity contribution in [2.45, 2.75) is 32.2 Å². The summed E-state index contributed by atoms with van der Waals surface area (Å²) in [6.07, 6.45) is 1.36. The molecule has 0 bridgehead atoms. The lowest BCUT2D eigenvalue weighted by Crippen LogP contribution is -2.45. The van der Waals surface area contributed by atoms with Crippen LogP contribution in [-0.2, 0) is 14.3 Å². The third kappa shape index (κ3) is 4.85. The van der Waals surface area contributed by atoms with Crippen molar-refractivity contribution in [1.82, 2.24) is 0 Å². The van der Waals surface area contributed by atoms with Gasteiger partial charge in [0.25, 0.3) is 0 Å². The van der Waals surface area contributed by atoms with Gasteiger partial charge in [0.05, 0.1) is 7.11 Å². The van der Waals surface area contributed by atoms with Crippen molar-refractivity contribution in [3.05, 3.63) is 0 Å². The van der Waals surface area contributed by atoms with Gasteiger partial charge >= 0.3 is 5.97 Å². The lowest BCUT2D eigenvalue weighted by atomic mass is 9.98. The largest absolute Gasteiger partial charge is 0.468 e. The normalized spacial score (nSPS) is 15.1. The third-order valence-corrected chi connectivity index (χ3v) is 1.84. The van der Waals surface area contributed by atoms with Gasteiger partial charge in [0.15, 0.2) is 0 Å². The minimum atomic E-state index is -0.883. The molecule has 0 aliphatic heterocycles. The second-order valence-electron chi connectivity index (χ2n) is 3.21. The summed E-state index contributed by atoms with van der Waals surface area (Å²) < 4.78 is 9.70. The number of hydrogen-bond donors (Lipinski definition) is 1. The molecule has 0 aromatic rings.